The van der Waals surface area contributed by atoms with Gasteiger partial charge in [-0.3, -0.25) is 0 Å². The molecule has 3 rings (SSSR count). The number of ether oxygens (including phenoxy) is 1. The van der Waals surface area contributed by atoms with E-state index in [2.05, 4.69) is 4.72 Å². The molecule has 1 aliphatic heterocycles. The van der Waals surface area contributed by atoms with Gasteiger partial charge in [0.25, 0.3) is 0 Å². The van der Waals surface area contributed by atoms with Crippen LogP contribution >= 0.6 is 0 Å². The van der Waals surface area contributed by atoms with Gasteiger partial charge in [-0.2, -0.15) is 0 Å². The number of nitrogens with one attached hydrogen (secondary N) is 1. The maximum atomic E-state index is 13.7. The smallest absolute Gasteiger partial charge is 0.246 e. The quantitative estimate of drug-likeness (QED) is 0.899. The summed E-state index contributed by atoms with van der Waals surface area (Å²) in [5.41, 5.74) is 2.02. The summed E-state index contributed by atoms with van der Waals surface area (Å²) in [5, 5.41) is 0. The van der Waals surface area contributed by atoms with Crippen LogP contribution in [0.3, 0.4) is 0 Å². The lowest BCUT2D eigenvalue weighted by Crippen LogP contribution is -2.35. The highest BCUT2D eigenvalue weighted by Gasteiger charge is 2.25. The number of hydrogen-bond donors (Lipinski definition) is 1. The third-order valence-corrected chi connectivity index (χ3v) is 5.48. The van der Waals surface area contributed by atoms with Crippen LogP contribution in [0.1, 0.15) is 18.1 Å². The first-order chi connectivity index (χ1) is 11.4. The summed E-state index contributed by atoms with van der Waals surface area (Å²) in [7, 11) is -4.28. The summed E-state index contributed by atoms with van der Waals surface area (Å²) < 4.78 is 59.7. The molecule has 4 nitrogen and oxygen atoms in total. The van der Waals surface area contributed by atoms with Crippen molar-refractivity contribution in [1.29, 1.82) is 0 Å². The van der Waals surface area contributed by atoms with Gasteiger partial charge in [-0.25, -0.2) is 21.9 Å². The molecular formula is C17H17F2NO3S. The predicted molar refractivity (Wildman–Crippen MR) is 85.5 cm³/mol. The van der Waals surface area contributed by atoms with E-state index >= 15 is 0 Å². The molecule has 1 N–H and O–H groups in total. The third-order valence-electron chi connectivity index (χ3n) is 3.84. The number of benzene rings is 2. The van der Waals surface area contributed by atoms with E-state index in [1.807, 2.05) is 18.2 Å². The molecule has 7 heteroatoms. The maximum Gasteiger partial charge on any atom is 0.246 e. The first-order valence-corrected chi connectivity index (χ1v) is 9.06. The highest BCUT2D eigenvalue weighted by atomic mass is 32.2. The van der Waals surface area contributed by atoms with Crippen molar-refractivity contribution in [2.75, 3.05) is 6.61 Å². The molecule has 2 aromatic rings. The highest BCUT2D eigenvalue weighted by Crippen LogP contribution is 2.26. The average Bonchev–Trinajstić information content (AvgIpc) is 2.93. The van der Waals surface area contributed by atoms with E-state index in [4.69, 9.17) is 4.74 Å². The minimum Gasteiger partial charge on any atom is -0.493 e. The summed E-state index contributed by atoms with van der Waals surface area (Å²) >= 11 is 0. The van der Waals surface area contributed by atoms with E-state index in [0.29, 0.717) is 13.0 Å². The molecule has 0 aliphatic carbocycles. The van der Waals surface area contributed by atoms with E-state index in [1.54, 1.807) is 6.92 Å². The van der Waals surface area contributed by atoms with Gasteiger partial charge in [-0.05, 0) is 42.7 Å². The molecule has 0 unspecified atom stereocenters. The fourth-order valence-electron chi connectivity index (χ4n) is 2.83. The van der Waals surface area contributed by atoms with Gasteiger partial charge in [0.05, 0.1) is 6.61 Å². The van der Waals surface area contributed by atoms with Gasteiger partial charge < -0.3 is 4.74 Å². The van der Waals surface area contributed by atoms with Crippen molar-refractivity contribution < 1.29 is 21.9 Å². The Morgan fingerprint density at radius 3 is 2.62 bits per heavy atom. The van der Waals surface area contributed by atoms with E-state index in [0.717, 1.165) is 41.5 Å². The average molecular weight is 353 g/mol. The molecule has 0 saturated heterocycles. The van der Waals surface area contributed by atoms with Crippen molar-refractivity contribution in [1.82, 2.24) is 4.72 Å². The first-order valence-electron chi connectivity index (χ1n) is 7.58. The molecule has 0 spiro atoms. The summed E-state index contributed by atoms with van der Waals surface area (Å²) in [6, 6.07) is 8.13. The minimum absolute atomic E-state index is 0.405. The lowest BCUT2D eigenvalue weighted by atomic mass is 10.0. The Morgan fingerprint density at radius 1 is 1.21 bits per heavy atom. The van der Waals surface area contributed by atoms with E-state index in [9.17, 15) is 17.2 Å². The van der Waals surface area contributed by atoms with Crippen LogP contribution in [0.2, 0.25) is 0 Å². The molecule has 2 aromatic carbocycles. The van der Waals surface area contributed by atoms with Crippen molar-refractivity contribution in [3.63, 3.8) is 0 Å². The topological polar surface area (TPSA) is 55.4 Å². The van der Waals surface area contributed by atoms with E-state index < -0.39 is 32.6 Å². The van der Waals surface area contributed by atoms with Crippen LogP contribution in [0.15, 0.2) is 41.3 Å². The summed E-state index contributed by atoms with van der Waals surface area (Å²) in [6.45, 7) is 2.30. The van der Waals surface area contributed by atoms with Crippen molar-refractivity contribution in [2.24, 2.45) is 0 Å². The SMILES string of the molecule is C[C@H](Cc1ccc2c(c1)CCO2)NS(=O)(=O)c1c(F)cccc1F. The summed E-state index contributed by atoms with van der Waals surface area (Å²) in [5.74, 6) is -1.37. The highest BCUT2D eigenvalue weighted by molar-refractivity contribution is 7.89. The molecule has 128 valence electrons. The van der Waals surface area contributed by atoms with Gasteiger partial charge in [-0.15, -0.1) is 0 Å². The Bertz CT molecular complexity index is 848. The van der Waals surface area contributed by atoms with Gasteiger partial charge in [0.2, 0.25) is 10.0 Å². The Balaban J connectivity index is 1.75. The molecule has 0 aromatic heterocycles. The van der Waals surface area contributed by atoms with Gasteiger partial charge >= 0.3 is 0 Å². The summed E-state index contributed by atoms with van der Waals surface area (Å²) in [4.78, 5) is -0.945. The minimum atomic E-state index is -4.28. The molecule has 0 radical (unpaired) electrons. The van der Waals surface area contributed by atoms with Gasteiger partial charge in [0.1, 0.15) is 17.4 Å². The zero-order valence-electron chi connectivity index (χ0n) is 13.1. The van der Waals surface area contributed by atoms with Crippen LogP contribution < -0.4 is 9.46 Å². The maximum absolute atomic E-state index is 13.7. The number of rotatable bonds is 5. The fourth-order valence-corrected chi connectivity index (χ4v) is 4.21. The predicted octanol–water partition coefficient (Wildman–Crippen LogP) is 2.81. The molecule has 0 bridgehead atoms. The van der Waals surface area contributed by atoms with Crippen molar-refractivity contribution in [2.45, 2.75) is 30.7 Å². The van der Waals surface area contributed by atoms with Gasteiger partial charge in [-0.1, -0.05) is 18.2 Å². The molecule has 0 fully saturated rings. The Kier molecular flexibility index (Phi) is 4.56. The van der Waals surface area contributed by atoms with Crippen LogP contribution in [0, 0.1) is 11.6 Å². The van der Waals surface area contributed by atoms with Crippen molar-refractivity contribution >= 4 is 10.0 Å². The fraction of sp³-hybridized carbons (Fsp3) is 0.294. The largest absolute Gasteiger partial charge is 0.493 e. The van der Waals surface area contributed by atoms with Crippen LogP contribution in [-0.2, 0) is 22.9 Å². The zero-order valence-corrected chi connectivity index (χ0v) is 13.9. The summed E-state index contributed by atoms with van der Waals surface area (Å²) in [6.07, 6.45) is 1.23. The molecule has 0 saturated carbocycles. The third kappa shape index (κ3) is 3.42. The van der Waals surface area contributed by atoms with E-state index in [1.165, 1.54) is 0 Å². The second-order valence-electron chi connectivity index (χ2n) is 5.82. The number of halogens is 2. The monoisotopic (exact) mass is 353 g/mol. The van der Waals surface area contributed by atoms with E-state index in [-0.39, 0.29) is 0 Å². The molecule has 1 atom stereocenters. The molecule has 0 amide bonds. The molecule has 1 heterocycles. The van der Waals surface area contributed by atoms with Crippen molar-refractivity contribution in [3.05, 3.63) is 59.2 Å². The number of sulfonamides is 1. The normalized spacial score (nSPS) is 15.0. The van der Waals surface area contributed by atoms with Crippen LogP contribution in [0.5, 0.6) is 5.75 Å². The molecular weight excluding hydrogens is 336 g/mol. The molecule has 1 aliphatic rings. The first kappa shape index (κ1) is 16.9. The lowest BCUT2D eigenvalue weighted by molar-refractivity contribution is 0.357. The second kappa shape index (κ2) is 6.49. The zero-order chi connectivity index (χ0) is 17.3. The number of fused-ring (bicyclic) bond motifs is 1. The standard InChI is InChI=1S/C17H17F2NO3S/c1-11(9-12-5-6-16-13(10-12)7-8-23-16)20-24(21,22)17-14(18)3-2-4-15(17)19/h2-6,10-11,20H,7-9H2,1H3/t11-/m1/s1. The van der Waals surface area contributed by atoms with Gasteiger partial charge in [0, 0.05) is 12.5 Å². The van der Waals surface area contributed by atoms with Crippen LogP contribution in [0.4, 0.5) is 8.78 Å². The van der Waals surface area contributed by atoms with Crippen LogP contribution in [-0.4, -0.2) is 21.1 Å². The van der Waals surface area contributed by atoms with Gasteiger partial charge in [0.15, 0.2) is 4.90 Å². The second-order valence-corrected chi connectivity index (χ2v) is 7.47. The van der Waals surface area contributed by atoms with Crippen LogP contribution in [0.25, 0.3) is 0 Å². The Hall–Kier alpha value is -1.99. The molecule has 24 heavy (non-hydrogen) atoms. The Labute approximate surface area is 139 Å². The number of hydrogen-bond acceptors (Lipinski definition) is 3. The Morgan fingerprint density at radius 2 is 1.92 bits per heavy atom. The lowest BCUT2D eigenvalue weighted by Gasteiger charge is -2.15. The van der Waals surface area contributed by atoms with Crippen molar-refractivity contribution in [3.8, 4) is 5.75 Å².